The summed E-state index contributed by atoms with van der Waals surface area (Å²) in [6, 6.07) is 5.43. The van der Waals surface area contributed by atoms with Crippen molar-refractivity contribution in [2.45, 2.75) is 6.42 Å². The lowest BCUT2D eigenvalue weighted by atomic mass is 10.2. The molecule has 0 amide bonds. The number of esters is 2. The van der Waals surface area contributed by atoms with Crippen LogP contribution >= 0.6 is 0 Å². The topological polar surface area (TPSA) is 63.6 Å². The van der Waals surface area contributed by atoms with Gasteiger partial charge in [-0.15, -0.1) is 6.58 Å². The highest BCUT2D eigenvalue weighted by Gasteiger charge is 2.11. The van der Waals surface area contributed by atoms with Gasteiger partial charge in [-0.3, -0.25) is 4.79 Å². The van der Waals surface area contributed by atoms with Crippen LogP contribution in [0.25, 0.3) is 0 Å². The molecule has 0 spiro atoms. The van der Waals surface area contributed by atoms with E-state index in [9.17, 15) is 9.59 Å². The average molecular weight is 206 g/mol. The first kappa shape index (κ1) is 11.0. The Labute approximate surface area is 86.8 Å². The van der Waals surface area contributed by atoms with Crippen LogP contribution in [0.2, 0.25) is 0 Å². The molecule has 1 N–H and O–H groups in total. The second-order valence-corrected chi connectivity index (χ2v) is 2.80. The minimum Gasteiger partial charge on any atom is -0.508 e. The molecule has 1 rings (SSSR count). The number of carbonyl (C=O) groups is 2. The van der Waals surface area contributed by atoms with Gasteiger partial charge in [-0.1, -0.05) is 6.08 Å². The van der Waals surface area contributed by atoms with Gasteiger partial charge in [0, 0.05) is 0 Å². The van der Waals surface area contributed by atoms with Gasteiger partial charge in [0.2, 0.25) is 0 Å². The van der Waals surface area contributed by atoms with Gasteiger partial charge in [-0.25, -0.2) is 4.79 Å². The quantitative estimate of drug-likeness (QED) is 0.464. The van der Waals surface area contributed by atoms with Crippen LogP contribution in [0, 0.1) is 0 Å². The molecular weight excluding hydrogens is 196 g/mol. The highest BCUT2D eigenvalue weighted by atomic mass is 16.6. The summed E-state index contributed by atoms with van der Waals surface area (Å²) in [5, 5.41) is 8.97. The molecule has 4 nitrogen and oxygen atoms in total. The minimum absolute atomic E-state index is 0.0101. The van der Waals surface area contributed by atoms with Crippen LogP contribution < -0.4 is 0 Å². The van der Waals surface area contributed by atoms with E-state index in [2.05, 4.69) is 11.3 Å². The van der Waals surface area contributed by atoms with Crippen molar-refractivity contribution in [3.05, 3.63) is 42.5 Å². The van der Waals surface area contributed by atoms with Crippen LogP contribution in [0.4, 0.5) is 0 Å². The third-order valence-corrected chi connectivity index (χ3v) is 1.62. The second-order valence-electron chi connectivity index (χ2n) is 2.80. The Morgan fingerprint density at radius 3 is 2.47 bits per heavy atom. The number of carbonyl (C=O) groups excluding carboxylic acids is 2. The molecule has 0 unspecified atom stereocenters. The lowest BCUT2D eigenvalue weighted by molar-refractivity contribution is -0.136. The highest BCUT2D eigenvalue weighted by molar-refractivity contribution is 5.97. The zero-order valence-electron chi connectivity index (χ0n) is 7.97. The molecular formula is C11H10O4. The van der Waals surface area contributed by atoms with Crippen LogP contribution in [0.15, 0.2) is 36.9 Å². The molecule has 0 aliphatic rings. The van der Waals surface area contributed by atoms with Gasteiger partial charge in [0.25, 0.3) is 0 Å². The molecule has 4 heteroatoms. The fraction of sp³-hybridized carbons (Fsp3) is 0.0909. The molecule has 0 heterocycles. The summed E-state index contributed by atoms with van der Waals surface area (Å²) in [4.78, 5) is 22.2. The molecule has 0 saturated heterocycles. The van der Waals surface area contributed by atoms with E-state index in [1.165, 1.54) is 30.3 Å². The Morgan fingerprint density at radius 2 is 1.93 bits per heavy atom. The van der Waals surface area contributed by atoms with Crippen molar-refractivity contribution in [3.8, 4) is 5.75 Å². The van der Waals surface area contributed by atoms with E-state index in [0.717, 1.165) is 0 Å². The zero-order chi connectivity index (χ0) is 11.3. The summed E-state index contributed by atoms with van der Waals surface area (Å²) >= 11 is 0. The van der Waals surface area contributed by atoms with Crippen LogP contribution in [0.3, 0.4) is 0 Å². The van der Waals surface area contributed by atoms with Gasteiger partial charge in [-0.2, -0.15) is 0 Å². The number of ether oxygens (including phenoxy) is 1. The van der Waals surface area contributed by atoms with Crippen LogP contribution in [-0.4, -0.2) is 17.0 Å². The van der Waals surface area contributed by atoms with Gasteiger partial charge in [-0.05, 0) is 24.3 Å². The van der Waals surface area contributed by atoms with Gasteiger partial charge in [0.05, 0.1) is 12.0 Å². The number of phenolic OH excluding ortho intramolecular Hbond substituents is 1. The van der Waals surface area contributed by atoms with E-state index >= 15 is 0 Å². The lowest BCUT2D eigenvalue weighted by Crippen LogP contribution is -2.11. The maximum absolute atomic E-state index is 11.3. The third-order valence-electron chi connectivity index (χ3n) is 1.62. The fourth-order valence-corrected chi connectivity index (χ4v) is 0.919. The molecule has 0 atom stereocenters. The highest BCUT2D eigenvalue weighted by Crippen LogP contribution is 2.10. The van der Waals surface area contributed by atoms with Crippen molar-refractivity contribution in [3.63, 3.8) is 0 Å². The summed E-state index contributed by atoms with van der Waals surface area (Å²) < 4.78 is 4.49. The predicted octanol–water partition coefficient (Wildman–Crippen LogP) is 1.65. The van der Waals surface area contributed by atoms with Crippen molar-refractivity contribution in [1.29, 1.82) is 0 Å². The largest absolute Gasteiger partial charge is 0.508 e. The Morgan fingerprint density at radius 1 is 1.33 bits per heavy atom. The molecule has 0 saturated carbocycles. The smallest absolute Gasteiger partial charge is 0.345 e. The summed E-state index contributed by atoms with van der Waals surface area (Å²) in [6.07, 6.45) is 1.34. The Balaban J connectivity index is 2.65. The van der Waals surface area contributed by atoms with Crippen LogP contribution in [0.1, 0.15) is 16.8 Å². The summed E-state index contributed by atoms with van der Waals surface area (Å²) in [7, 11) is 0. The molecule has 15 heavy (non-hydrogen) atoms. The van der Waals surface area contributed by atoms with E-state index in [-0.39, 0.29) is 17.7 Å². The number of hydrogen-bond acceptors (Lipinski definition) is 4. The molecule has 1 aromatic carbocycles. The van der Waals surface area contributed by atoms with Gasteiger partial charge in [0.15, 0.2) is 0 Å². The normalized spacial score (nSPS) is 9.33. The third kappa shape index (κ3) is 3.27. The van der Waals surface area contributed by atoms with Crippen molar-refractivity contribution in [2.75, 3.05) is 0 Å². The predicted molar refractivity (Wildman–Crippen MR) is 53.3 cm³/mol. The van der Waals surface area contributed by atoms with Gasteiger partial charge < -0.3 is 9.84 Å². The minimum atomic E-state index is -0.734. The maximum atomic E-state index is 11.3. The molecule has 78 valence electrons. The number of aromatic hydroxyl groups is 1. The summed E-state index contributed by atoms with van der Waals surface area (Å²) in [5.74, 6) is -1.34. The second kappa shape index (κ2) is 4.95. The molecule has 0 aliphatic heterocycles. The first-order chi connectivity index (χ1) is 7.13. The average Bonchev–Trinajstić information content (AvgIpc) is 2.18. The Kier molecular flexibility index (Phi) is 3.62. The zero-order valence-corrected chi connectivity index (χ0v) is 7.97. The molecule has 0 radical (unpaired) electrons. The van der Waals surface area contributed by atoms with Crippen molar-refractivity contribution < 1.29 is 19.4 Å². The SMILES string of the molecule is C=CCC(=O)OC(=O)c1ccc(O)cc1. The van der Waals surface area contributed by atoms with Crippen molar-refractivity contribution in [2.24, 2.45) is 0 Å². The van der Waals surface area contributed by atoms with E-state index in [4.69, 9.17) is 5.11 Å². The fourth-order valence-electron chi connectivity index (χ4n) is 0.919. The number of phenols is 1. The molecule has 1 aromatic rings. The first-order valence-corrected chi connectivity index (χ1v) is 4.28. The van der Waals surface area contributed by atoms with E-state index in [1.54, 1.807) is 0 Å². The monoisotopic (exact) mass is 206 g/mol. The maximum Gasteiger partial charge on any atom is 0.345 e. The summed E-state index contributed by atoms with van der Waals surface area (Å²) in [6.45, 7) is 3.35. The van der Waals surface area contributed by atoms with Gasteiger partial charge in [0.1, 0.15) is 5.75 Å². The first-order valence-electron chi connectivity index (χ1n) is 4.28. The Bertz CT molecular complexity index is 378. The molecule has 0 bridgehead atoms. The van der Waals surface area contributed by atoms with Crippen LogP contribution in [0.5, 0.6) is 5.75 Å². The van der Waals surface area contributed by atoms with Crippen molar-refractivity contribution in [1.82, 2.24) is 0 Å². The van der Waals surface area contributed by atoms with E-state index < -0.39 is 11.9 Å². The Hall–Kier alpha value is -2.10. The number of rotatable bonds is 3. The van der Waals surface area contributed by atoms with E-state index in [0.29, 0.717) is 0 Å². The summed E-state index contributed by atoms with van der Waals surface area (Å²) in [5.41, 5.74) is 0.213. The number of benzene rings is 1. The van der Waals surface area contributed by atoms with Crippen LogP contribution in [-0.2, 0) is 9.53 Å². The standard InChI is InChI=1S/C11H10O4/c1-2-3-10(13)15-11(14)8-4-6-9(12)7-5-8/h2,4-7,12H,1,3H2. The van der Waals surface area contributed by atoms with Gasteiger partial charge >= 0.3 is 11.9 Å². The lowest BCUT2D eigenvalue weighted by Gasteiger charge is -2.01. The molecule has 0 fully saturated rings. The molecule has 0 aliphatic carbocycles. The van der Waals surface area contributed by atoms with E-state index in [1.807, 2.05) is 0 Å². The number of hydrogen-bond donors (Lipinski definition) is 1. The van der Waals surface area contributed by atoms with Crippen molar-refractivity contribution >= 4 is 11.9 Å². The molecule has 0 aromatic heterocycles.